The number of aromatic nitrogens is 4. The summed E-state index contributed by atoms with van der Waals surface area (Å²) < 4.78 is 1.66. The van der Waals surface area contributed by atoms with Gasteiger partial charge in [-0.2, -0.15) is 4.52 Å². The molecule has 2 aromatic heterocycles. The lowest BCUT2D eigenvalue weighted by molar-refractivity contribution is -0.136. The van der Waals surface area contributed by atoms with Gasteiger partial charge in [-0.05, 0) is 37.8 Å². The molecule has 132 valence electrons. The molecule has 0 saturated carbocycles. The zero-order valence-electron chi connectivity index (χ0n) is 13.9. The molecule has 1 unspecified atom stereocenters. The van der Waals surface area contributed by atoms with Crippen LogP contribution in [-0.2, 0) is 16.1 Å². The van der Waals surface area contributed by atoms with Gasteiger partial charge in [0.1, 0.15) is 11.7 Å². The summed E-state index contributed by atoms with van der Waals surface area (Å²) in [4.78, 5) is 26.3. The van der Waals surface area contributed by atoms with Crippen LogP contribution in [0.15, 0.2) is 12.1 Å². The highest BCUT2D eigenvalue weighted by Gasteiger charge is 2.29. The van der Waals surface area contributed by atoms with Crippen molar-refractivity contribution in [2.45, 2.75) is 32.2 Å². The first kappa shape index (κ1) is 15.8. The van der Waals surface area contributed by atoms with Crippen LogP contribution in [0.25, 0.3) is 5.65 Å². The second-order valence-corrected chi connectivity index (χ2v) is 6.48. The minimum absolute atomic E-state index is 0.195. The van der Waals surface area contributed by atoms with E-state index in [9.17, 15) is 9.59 Å². The van der Waals surface area contributed by atoms with Crippen LogP contribution in [0.2, 0.25) is 0 Å². The van der Waals surface area contributed by atoms with E-state index >= 15 is 0 Å². The lowest BCUT2D eigenvalue weighted by atomic mass is 9.98. The van der Waals surface area contributed by atoms with E-state index in [1.165, 1.54) is 12.8 Å². The zero-order valence-corrected chi connectivity index (χ0v) is 13.9. The number of rotatable bonds is 4. The minimum atomic E-state index is -0.624. The van der Waals surface area contributed by atoms with Crippen molar-refractivity contribution in [2.24, 2.45) is 5.92 Å². The van der Waals surface area contributed by atoms with Gasteiger partial charge in [0.05, 0.1) is 6.54 Å². The maximum atomic E-state index is 12.3. The standard InChI is InChI=1S/C16H21N7O2/c24-15-11(4-3-7-17-15)16(25)18-10-14-20-19-12-5-6-13(21-23(12)14)22-8-1-2-9-22/h5-6,11H,1-4,7-10H2,(H,17,24)(H,18,25). The molecular weight excluding hydrogens is 322 g/mol. The van der Waals surface area contributed by atoms with E-state index in [2.05, 4.69) is 30.8 Å². The minimum Gasteiger partial charge on any atom is -0.355 e. The quantitative estimate of drug-likeness (QED) is 0.749. The summed E-state index contributed by atoms with van der Waals surface area (Å²) in [5, 5.41) is 18.3. The van der Waals surface area contributed by atoms with Crippen LogP contribution >= 0.6 is 0 Å². The molecule has 2 saturated heterocycles. The predicted molar refractivity (Wildman–Crippen MR) is 89.8 cm³/mol. The van der Waals surface area contributed by atoms with Crippen molar-refractivity contribution in [3.05, 3.63) is 18.0 Å². The van der Waals surface area contributed by atoms with Crippen molar-refractivity contribution in [1.29, 1.82) is 0 Å². The summed E-state index contributed by atoms with van der Waals surface area (Å²) >= 11 is 0. The van der Waals surface area contributed by atoms with Gasteiger partial charge in [0.15, 0.2) is 11.5 Å². The van der Waals surface area contributed by atoms with E-state index in [1.54, 1.807) is 4.52 Å². The Bertz CT molecular complexity index is 797. The number of piperidine rings is 1. The van der Waals surface area contributed by atoms with Crippen molar-refractivity contribution in [3.63, 3.8) is 0 Å². The Kier molecular flexibility index (Phi) is 4.21. The number of hydrogen-bond acceptors (Lipinski definition) is 6. The summed E-state index contributed by atoms with van der Waals surface area (Å²) in [6, 6.07) is 3.83. The third kappa shape index (κ3) is 3.13. The Morgan fingerprint density at radius 3 is 2.88 bits per heavy atom. The van der Waals surface area contributed by atoms with Crippen LogP contribution < -0.4 is 15.5 Å². The Morgan fingerprint density at radius 1 is 1.24 bits per heavy atom. The van der Waals surface area contributed by atoms with Gasteiger partial charge in [0.2, 0.25) is 11.8 Å². The summed E-state index contributed by atoms with van der Waals surface area (Å²) in [5.74, 6) is 0.347. The molecule has 0 aliphatic carbocycles. The van der Waals surface area contributed by atoms with Gasteiger partial charge in [-0.3, -0.25) is 9.59 Å². The fourth-order valence-electron chi connectivity index (χ4n) is 3.36. The molecule has 9 heteroatoms. The normalized spacial score (nSPS) is 20.7. The highest BCUT2D eigenvalue weighted by molar-refractivity contribution is 6.00. The first-order valence-corrected chi connectivity index (χ1v) is 8.74. The molecule has 0 aromatic carbocycles. The highest BCUT2D eigenvalue weighted by atomic mass is 16.2. The van der Waals surface area contributed by atoms with E-state index < -0.39 is 5.92 Å². The average molecular weight is 343 g/mol. The molecule has 1 atom stereocenters. The van der Waals surface area contributed by atoms with Crippen molar-refractivity contribution >= 4 is 23.3 Å². The fourth-order valence-corrected chi connectivity index (χ4v) is 3.36. The SMILES string of the molecule is O=C1NCCCC1C(=O)NCc1nnc2ccc(N3CCCC3)nn12. The topological polar surface area (TPSA) is 105 Å². The Balaban J connectivity index is 1.48. The average Bonchev–Trinajstić information content (AvgIpc) is 3.29. The number of nitrogens with zero attached hydrogens (tertiary/aromatic N) is 5. The summed E-state index contributed by atoms with van der Waals surface area (Å²) in [5.41, 5.74) is 0.641. The molecule has 2 aliphatic heterocycles. The van der Waals surface area contributed by atoms with Gasteiger partial charge in [-0.15, -0.1) is 15.3 Å². The molecule has 2 aliphatic rings. The molecule has 25 heavy (non-hydrogen) atoms. The fraction of sp³-hybridized carbons (Fsp3) is 0.562. The first-order chi connectivity index (χ1) is 12.2. The highest BCUT2D eigenvalue weighted by Crippen LogP contribution is 2.18. The molecular formula is C16H21N7O2. The molecule has 0 radical (unpaired) electrons. The van der Waals surface area contributed by atoms with E-state index in [1.807, 2.05) is 12.1 Å². The summed E-state index contributed by atoms with van der Waals surface area (Å²) in [6.07, 6.45) is 3.75. The summed E-state index contributed by atoms with van der Waals surface area (Å²) in [6.45, 7) is 2.84. The van der Waals surface area contributed by atoms with Gasteiger partial charge < -0.3 is 15.5 Å². The molecule has 2 aromatic rings. The molecule has 2 fully saturated rings. The third-order valence-corrected chi connectivity index (χ3v) is 4.77. The molecule has 2 amide bonds. The van der Waals surface area contributed by atoms with Gasteiger partial charge in [0.25, 0.3) is 0 Å². The molecule has 2 N–H and O–H groups in total. The number of amides is 2. The molecule has 4 heterocycles. The zero-order chi connectivity index (χ0) is 17.2. The molecule has 0 bridgehead atoms. The monoisotopic (exact) mass is 343 g/mol. The molecule has 9 nitrogen and oxygen atoms in total. The van der Waals surface area contributed by atoms with Crippen molar-refractivity contribution < 1.29 is 9.59 Å². The van der Waals surface area contributed by atoms with E-state index in [-0.39, 0.29) is 18.4 Å². The second kappa shape index (κ2) is 6.66. The maximum absolute atomic E-state index is 12.3. The van der Waals surface area contributed by atoms with E-state index in [4.69, 9.17) is 0 Å². The molecule has 4 rings (SSSR count). The Morgan fingerprint density at radius 2 is 2.08 bits per heavy atom. The Labute approximate surface area is 144 Å². The first-order valence-electron chi connectivity index (χ1n) is 8.74. The Hall–Kier alpha value is -2.71. The van der Waals surface area contributed by atoms with Gasteiger partial charge in [-0.25, -0.2) is 0 Å². The van der Waals surface area contributed by atoms with Crippen molar-refractivity contribution in [1.82, 2.24) is 30.4 Å². The van der Waals surface area contributed by atoms with E-state index in [0.717, 1.165) is 25.3 Å². The van der Waals surface area contributed by atoms with Crippen molar-refractivity contribution in [3.8, 4) is 0 Å². The van der Waals surface area contributed by atoms with Crippen LogP contribution in [0.5, 0.6) is 0 Å². The van der Waals surface area contributed by atoms with Gasteiger partial charge in [-0.1, -0.05) is 0 Å². The largest absolute Gasteiger partial charge is 0.355 e. The van der Waals surface area contributed by atoms with Crippen LogP contribution in [0, 0.1) is 5.92 Å². The number of fused-ring (bicyclic) bond motifs is 1. The van der Waals surface area contributed by atoms with Gasteiger partial charge >= 0.3 is 0 Å². The number of nitrogens with one attached hydrogen (secondary N) is 2. The maximum Gasteiger partial charge on any atom is 0.232 e. The number of carbonyl (C=O) groups excluding carboxylic acids is 2. The van der Waals surface area contributed by atoms with E-state index in [0.29, 0.717) is 24.4 Å². The van der Waals surface area contributed by atoms with Gasteiger partial charge in [0, 0.05) is 19.6 Å². The number of anilines is 1. The lowest BCUT2D eigenvalue weighted by Gasteiger charge is -2.20. The molecule has 0 spiro atoms. The lowest BCUT2D eigenvalue weighted by Crippen LogP contribution is -2.44. The smallest absolute Gasteiger partial charge is 0.232 e. The van der Waals surface area contributed by atoms with Crippen molar-refractivity contribution in [2.75, 3.05) is 24.5 Å². The number of carbonyl (C=O) groups is 2. The predicted octanol–water partition coefficient (Wildman–Crippen LogP) is -0.133. The summed E-state index contributed by atoms with van der Waals surface area (Å²) in [7, 11) is 0. The van der Waals surface area contributed by atoms with Crippen LogP contribution in [0.1, 0.15) is 31.5 Å². The second-order valence-electron chi connectivity index (χ2n) is 6.48. The third-order valence-electron chi connectivity index (χ3n) is 4.77. The van der Waals surface area contributed by atoms with Crippen LogP contribution in [0.4, 0.5) is 5.82 Å². The number of hydrogen-bond donors (Lipinski definition) is 2. The van der Waals surface area contributed by atoms with Crippen LogP contribution in [0.3, 0.4) is 0 Å². The van der Waals surface area contributed by atoms with Crippen LogP contribution in [-0.4, -0.2) is 51.3 Å².